The van der Waals surface area contributed by atoms with Crippen LogP contribution in [0.2, 0.25) is 0 Å². The SMILES string of the molecule is NC(CC(=O)O)c1cccc(OC2CCCSC2)c1. The van der Waals surface area contributed by atoms with Crippen molar-refractivity contribution in [2.45, 2.75) is 31.4 Å². The number of ether oxygens (including phenoxy) is 1. The van der Waals surface area contributed by atoms with E-state index in [0.29, 0.717) is 0 Å². The Hall–Kier alpha value is -1.20. The molecule has 2 atom stereocenters. The molecule has 0 saturated carbocycles. The largest absolute Gasteiger partial charge is 0.490 e. The third-order valence-corrected chi connectivity index (χ3v) is 4.29. The number of aliphatic carboxylic acids is 1. The average Bonchev–Trinajstić information content (AvgIpc) is 2.39. The molecule has 3 N–H and O–H groups in total. The summed E-state index contributed by atoms with van der Waals surface area (Å²) in [5, 5.41) is 8.76. The van der Waals surface area contributed by atoms with E-state index >= 15 is 0 Å². The van der Waals surface area contributed by atoms with Crippen molar-refractivity contribution in [3.63, 3.8) is 0 Å². The molecule has 0 amide bonds. The van der Waals surface area contributed by atoms with Gasteiger partial charge in [-0.2, -0.15) is 11.8 Å². The van der Waals surface area contributed by atoms with E-state index in [1.54, 1.807) is 0 Å². The monoisotopic (exact) mass is 281 g/mol. The van der Waals surface area contributed by atoms with Crippen molar-refractivity contribution in [2.24, 2.45) is 5.73 Å². The number of hydrogen-bond acceptors (Lipinski definition) is 4. The summed E-state index contributed by atoms with van der Waals surface area (Å²) in [6, 6.07) is 6.98. The molecule has 1 heterocycles. The van der Waals surface area contributed by atoms with Crippen molar-refractivity contribution in [2.75, 3.05) is 11.5 Å². The van der Waals surface area contributed by atoms with Gasteiger partial charge in [-0.25, -0.2) is 0 Å². The van der Waals surface area contributed by atoms with E-state index in [1.165, 1.54) is 12.2 Å². The van der Waals surface area contributed by atoms with Gasteiger partial charge in [-0.1, -0.05) is 12.1 Å². The predicted octanol–water partition coefficient (Wildman–Crippen LogP) is 2.44. The van der Waals surface area contributed by atoms with Crippen molar-refractivity contribution in [3.05, 3.63) is 29.8 Å². The van der Waals surface area contributed by atoms with Gasteiger partial charge in [0.15, 0.2) is 0 Å². The first kappa shape index (κ1) is 14.2. The second kappa shape index (κ2) is 6.82. The number of carboxylic acids is 1. The van der Waals surface area contributed by atoms with Gasteiger partial charge in [0, 0.05) is 11.8 Å². The summed E-state index contributed by atoms with van der Waals surface area (Å²) in [5.74, 6) is 2.13. The van der Waals surface area contributed by atoms with Crippen LogP contribution in [0.4, 0.5) is 0 Å². The molecule has 0 aromatic heterocycles. The second-order valence-corrected chi connectivity index (χ2v) is 5.88. The minimum absolute atomic E-state index is 0.0667. The van der Waals surface area contributed by atoms with Crippen LogP contribution in [0.3, 0.4) is 0 Å². The second-order valence-electron chi connectivity index (χ2n) is 4.73. The highest BCUT2D eigenvalue weighted by molar-refractivity contribution is 7.99. The van der Waals surface area contributed by atoms with Gasteiger partial charge in [0.25, 0.3) is 0 Å². The maximum Gasteiger partial charge on any atom is 0.305 e. The van der Waals surface area contributed by atoms with Crippen LogP contribution in [0.1, 0.15) is 30.9 Å². The zero-order chi connectivity index (χ0) is 13.7. The normalized spacial score (nSPS) is 20.8. The van der Waals surface area contributed by atoms with Gasteiger partial charge in [-0.3, -0.25) is 4.79 Å². The minimum Gasteiger partial charge on any atom is -0.490 e. The lowest BCUT2D eigenvalue weighted by Crippen LogP contribution is -2.23. The smallest absolute Gasteiger partial charge is 0.305 e. The highest BCUT2D eigenvalue weighted by Gasteiger charge is 2.16. The van der Waals surface area contributed by atoms with Gasteiger partial charge in [-0.05, 0) is 36.3 Å². The number of nitrogens with two attached hydrogens (primary N) is 1. The third kappa shape index (κ3) is 4.44. The van der Waals surface area contributed by atoms with Gasteiger partial charge >= 0.3 is 5.97 Å². The van der Waals surface area contributed by atoms with Crippen LogP contribution in [0.5, 0.6) is 5.75 Å². The fourth-order valence-corrected chi connectivity index (χ4v) is 3.16. The molecular weight excluding hydrogens is 262 g/mol. The molecule has 19 heavy (non-hydrogen) atoms. The van der Waals surface area contributed by atoms with E-state index in [-0.39, 0.29) is 12.5 Å². The fourth-order valence-electron chi connectivity index (χ4n) is 2.12. The van der Waals surface area contributed by atoms with Crippen molar-refractivity contribution in [1.29, 1.82) is 0 Å². The number of carbonyl (C=O) groups is 1. The Labute approximate surface area is 117 Å². The van der Waals surface area contributed by atoms with Crippen molar-refractivity contribution in [3.8, 4) is 5.75 Å². The maximum atomic E-state index is 10.7. The van der Waals surface area contributed by atoms with Crippen LogP contribution in [0, 0.1) is 0 Å². The quantitative estimate of drug-likeness (QED) is 0.867. The molecule has 0 radical (unpaired) electrons. The highest BCUT2D eigenvalue weighted by atomic mass is 32.2. The number of rotatable bonds is 5. The summed E-state index contributed by atoms with van der Waals surface area (Å²) in [6.07, 6.45) is 2.46. The Kier molecular flexibility index (Phi) is 5.10. The van der Waals surface area contributed by atoms with Crippen LogP contribution < -0.4 is 10.5 Å². The molecule has 4 nitrogen and oxygen atoms in total. The Morgan fingerprint density at radius 3 is 3.11 bits per heavy atom. The van der Waals surface area contributed by atoms with Crippen LogP contribution >= 0.6 is 11.8 Å². The molecule has 1 aromatic rings. The summed E-state index contributed by atoms with van der Waals surface area (Å²) in [7, 11) is 0. The maximum absolute atomic E-state index is 10.7. The number of benzene rings is 1. The van der Waals surface area contributed by atoms with Gasteiger partial charge in [0.05, 0.1) is 6.42 Å². The summed E-state index contributed by atoms with van der Waals surface area (Å²) in [4.78, 5) is 10.7. The molecule has 2 rings (SSSR count). The molecule has 2 unspecified atom stereocenters. The zero-order valence-corrected chi connectivity index (χ0v) is 11.6. The van der Waals surface area contributed by atoms with Crippen LogP contribution in [-0.2, 0) is 4.79 Å². The molecule has 0 aliphatic carbocycles. The first-order chi connectivity index (χ1) is 9.15. The van der Waals surface area contributed by atoms with Crippen LogP contribution in [0.15, 0.2) is 24.3 Å². The van der Waals surface area contributed by atoms with Gasteiger partial charge in [-0.15, -0.1) is 0 Å². The van der Waals surface area contributed by atoms with E-state index < -0.39 is 12.0 Å². The fraction of sp³-hybridized carbons (Fsp3) is 0.500. The molecule has 104 valence electrons. The van der Waals surface area contributed by atoms with E-state index in [2.05, 4.69) is 0 Å². The number of hydrogen-bond donors (Lipinski definition) is 2. The van der Waals surface area contributed by atoms with E-state index in [1.807, 2.05) is 36.0 Å². The Morgan fingerprint density at radius 1 is 1.58 bits per heavy atom. The number of thioether (sulfide) groups is 1. The zero-order valence-electron chi connectivity index (χ0n) is 10.7. The molecule has 0 bridgehead atoms. The molecule has 1 aliphatic rings. The molecular formula is C14H19NO3S. The average molecular weight is 281 g/mol. The van der Waals surface area contributed by atoms with Crippen molar-refractivity contribution < 1.29 is 14.6 Å². The topological polar surface area (TPSA) is 72.6 Å². The molecule has 5 heteroatoms. The first-order valence-electron chi connectivity index (χ1n) is 6.47. The molecule has 1 aromatic carbocycles. The highest BCUT2D eigenvalue weighted by Crippen LogP contribution is 2.25. The lowest BCUT2D eigenvalue weighted by atomic mass is 10.0. The Morgan fingerprint density at radius 2 is 2.42 bits per heavy atom. The van der Waals surface area contributed by atoms with Crippen molar-refractivity contribution in [1.82, 2.24) is 0 Å². The number of carboxylic acid groups (broad SMARTS) is 1. The van der Waals surface area contributed by atoms with Crippen LogP contribution in [0.25, 0.3) is 0 Å². The lowest BCUT2D eigenvalue weighted by Gasteiger charge is -2.23. The summed E-state index contributed by atoms with van der Waals surface area (Å²) in [5.41, 5.74) is 6.67. The lowest BCUT2D eigenvalue weighted by molar-refractivity contribution is -0.137. The van der Waals surface area contributed by atoms with E-state index in [0.717, 1.165) is 23.5 Å². The van der Waals surface area contributed by atoms with E-state index in [4.69, 9.17) is 15.6 Å². The minimum atomic E-state index is -0.887. The van der Waals surface area contributed by atoms with Gasteiger partial charge in [0.2, 0.25) is 0 Å². The molecule has 1 aliphatic heterocycles. The molecule has 1 fully saturated rings. The van der Waals surface area contributed by atoms with Gasteiger partial charge < -0.3 is 15.6 Å². The Balaban J connectivity index is 1.99. The Bertz CT molecular complexity index is 432. The summed E-state index contributed by atoms with van der Waals surface area (Å²) in [6.45, 7) is 0. The third-order valence-electron chi connectivity index (χ3n) is 3.10. The van der Waals surface area contributed by atoms with E-state index in [9.17, 15) is 4.79 Å². The summed E-state index contributed by atoms with van der Waals surface area (Å²) >= 11 is 1.91. The molecule has 0 spiro atoms. The van der Waals surface area contributed by atoms with Crippen molar-refractivity contribution >= 4 is 17.7 Å². The molecule has 1 saturated heterocycles. The summed E-state index contributed by atoms with van der Waals surface area (Å²) < 4.78 is 5.93. The predicted molar refractivity (Wildman–Crippen MR) is 76.6 cm³/mol. The van der Waals surface area contributed by atoms with Gasteiger partial charge in [0.1, 0.15) is 11.9 Å². The van der Waals surface area contributed by atoms with Crippen LogP contribution in [-0.4, -0.2) is 28.7 Å². The first-order valence-corrected chi connectivity index (χ1v) is 7.62. The standard InChI is InChI=1S/C14H19NO3S/c15-13(8-14(16)17)10-3-1-4-11(7-10)18-12-5-2-6-19-9-12/h1,3-4,7,12-13H,2,5-6,8-9,15H2,(H,16,17).